The Balaban J connectivity index is 2.77. The molecule has 4 nitrogen and oxygen atoms in total. The molecule has 0 radical (unpaired) electrons. The van der Waals surface area contributed by atoms with E-state index in [-0.39, 0.29) is 5.97 Å². The lowest BCUT2D eigenvalue weighted by atomic mass is 10.4. The van der Waals surface area contributed by atoms with Crippen LogP contribution in [0.4, 0.5) is 0 Å². The van der Waals surface area contributed by atoms with E-state index in [4.69, 9.17) is 4.74 Å². The van der Waals surface area contributed by atoms with Crippen LogP contribution in [0.2, 0.25) is 0 Å². The number of ether oxygens (including phenoxy) is 1. The molecule has 0 aliphatic rings. The van der Waals surface area contributed by atoms with Gasteiger partial charge in [-0.05, 0) is 27.0 Å². The molecule has 0 aromatic carbocycles. The van der Waals surface area contributed by atoms with Crippen LogP contribution in [-0.4, -0.2) is 31.2 Å². The predicted molar refractivity (Wildman–Crippen MR) is 65.8 cm³/mol. The normalized spacial score (nSPS) is 10.9. The average molecular weight is 240 g/mol. The molecule has 0 bridgehead atoms. The van der Waals surface area contributed by atoms with Crippen LogP contribution in [0.15, 0.2) is 6.08 Å². The summed E-state index contributed by atoms with van der Waals surface area (Å²) in [7, 11) is 1.88. The smallest absolute Gasteiger partial charge is 0.350 e. The second-order valence-electron chi connectivity index (χ2n) is 3.15. The van der Waals surface area contributed by atoms with Gasteiger partial charge < -0.3 is 10.1 Å². The molecule has 1 aromatic heterocycles. The van der Waals surface area contributed by atoms with E-state index in [1.807, 2.05) is 26.1 Å². The molecule has 1 aromatic rings. The molecule has 1 N–H and O–H groups in total. The monoisotopic (exact) mass is 240 g/mol. The van der Waals surface area contributed by atoms with Crippen LogP contribution in [0.1, 0.15) is 27.3 Å². The zero-order valence-corrected chi connectivity index (χ0v) is 10.6. The van der Waals surface area contributed by atoms with E-state index in [2.05, 4.69) is 10.3 Å². The highest BCUT2D eigenvalue weighted by Crippen LogP contribution is 2.20. The van der Waals surface area contributed by atoms with Gasteiger partial charge in [0, 0.05) is 6.54 Å². The van der Waals surface area contributed by atoms with Gasteiger partial charge in [-0.1, -0.05) is 6.08 Å². The number of hydrogen-bond acceptors (Lipinski definition) is 5. The zero-order chi connectivity index (χ0) is 12.0. The highest BCUT2D eigenvalue weighted by molar-refractivity contribution is 7.14. The molecule has 0 saturated carbocycles. The third-order valence-electron chi connectivity index (χ3n) is 1.86. The molecule has 0 aliphatic heterocycles. The standard InChI is InChI=1S/C11H16N2O2S/c1-4-15-11(14)10-8(2)13-9(16-10)6-5-7-12-3/h5-6,12H,4,7H2,1-3H3. The Morgan fingerprint density at radius 3 is 3.00 bits per heavy atom. The van der Waals surface area contributed by atoms with Crippen molar-refractivity contribution >= 4 is 23.4 Å². The fraction of sp³-hybridized carbons (Fsp3) is 0.455. The van der Waals surface area contributed by atoms with Crippen LogP contribution in [0.5, 0.6) is 0 Å². The van der Waals surface area contributed by atoms with Crippen molar-refractivity contribution in [3.05, 3.63) is 21.7 Å². The molecule has 0 atom stereocenters. The summed E-state index contributed by atoms with van der Waals surface area (Å²) in [6.45, 7) is 4.79. The fourth-order valence-electron chi connectivity index (χ4n) is 1.15. The van der Waals surface area contributed by atoms with Crippen LogP contribution in [-0.2, 0) is 4.74 Å². The van der Waals surface area contributed by atoms with Gasteiger partial charge in [-0.15, -0.1) is 11.3 Å². The number of aromatic nitrogens is 1. The van der Waals surface area contributed by atoms with Crippen molar-refractivity contribution in [2.24, 2.45) is 0 Å². The van der Waals surface area contributed by atoms with Crippen molar-refractivity contribution in [2.75, 3.05) is 20.2 Å². The molecule has 0 saturated heterocycles. The minimum Gasteiger partial charge on any atom is -0.462 e. The van der Waals surface area contributed by atoms with E-state index in [9.17, 15) is 4.79 Å². The molecule has 1 rings (SSSR count). The molecular formula is C11H16N2O2S. The minimum atomic E-state index is -0.286. The molecule has 1 heterocycles. The first-order chi connectivity index (χ1) is 7.69. The van der Waals surface area contributed by atoms with Gasteiger partial charge in [0.25, 0.3) is 0 Å². The van der Waals surface area contributed by atoms with Crippen molar-refractivity contribution in [3.63, 3.8) is 0 Å². The molecule has 0 spiro atoms. The first-order valence-corrected chi connectivity index (χ1v) is 5.96. The van der Waals surface area contributed by atoms with E-state index in [0.29, 0.717) is 11.5 Å². The Hall–Kier alpha value is -1.20. The number of carbonyl (C=O) groups excluding carboxylic acids is 1. The van der Waals surface area contributed by atoms with E-state index >= 15 is 0 Å². The van der Waals surface area contributed by atoms with Gasteiger partial charge in [-0.2, -0.15) is 0 Å². The molecule has 0 amide bonds. The van der Waals surface area contributed by atoms with E-state index in [1.54, 1.807) is 6.92 Å². The van der Waals surface area contributed by atoms with Crippen molar-refractivity contribution in [1.82, 2.24) is 10.3 Å². The van der Waals surface area contributed by atoms with Crippen molar-refractivity contribution in [2.45, 2.75) is 13.8 Å². The predicted octanol–water partition coefficient (Wildman–Crippen LogP) is 1.86. The Kier molecular flexibility index (Phi) is 5.14. The van der Waals surface area contributed by atoms with Crippen LogP contribution in [0.3, 0.4) is 0 Å². The van der Waals surface area contributed by atoms with Gasteiger partial charge in [0.05, 0.1) is 12.3 Å². The van der Waals surface area contributed by atoms with Crippen LogP contribution in [0.25, 0.3) is 6.08 Å². The fourth-order valence-corrected chi connectivity index (χ4v) is 2.04. The Morgan fingerprint density at radius 1 is 1.62 bits per heavy atom. The van der Waals surface area contributed by atoms with Gasteiger partial charge in [0.2, 0.25) is 0 Å². The highest BCUT2D eigenvalue weighted by atomic mass is 32.1. The summed E-state index contributed by atoms with van der Waals surface area (Å²) in [6, 6.07) is 0. The number of thiazole rings is 1. The number of hydrogen-bond donors (Lipinski definition) is 1. The van der Waals surface area contributed by atoms with Crippen molar-refractivity contribution in [1.29, 1.82) is 0 Å². The lowest BCUT2D eigenvalue weighted by Crippen LogP contribution is -2.03. The van der Waals surface area contributed by atoms with Crippen LogP contribution in [0, 0.1) is 6.92 Å². The summed E-state index contributed by atoms with van der Waals surface area (Å²) < 4.78 is 4.94. The zero-order valence-electron chi connectivity index (χ0n) is 9.74. The van der Waals surface area contributed by atoms with Gasteiger partial charge in [-0.3, -0.25) is 0 Å². The number of rotatable bonds is 5. The van der Waals surface area contributed by atoms with E-state index < -0.39 is 0 Å². The topological polar surface area (TPSA) is 51.2 Å². The van der Waals surface area contributed by atoms with Gasteiger partial charge >= 0.3 is 5.97 Å². The van der Waals surface area contributed by atoms with Gasteiger partial charge in [-0.25, -0.2) is 9.78 Å². The Morgan fingerprint density at radius 2 is 2.38 bits per heavy atom. The third-order valence-corrected chi connectivity index (χ3v) is 2.96. The minimum absolute atomic E-state index is 0.286. The third kappa shape index (κ3) is 3.43. The van der Waals surface area contributed by atoms with Crippen LogP contribution < -0.4 is 5.32 Å². The number of esters is 1. The first-order valence-electron chi connectivity index (χ1n) is 5.14. The van der Waals surface area contributed by atoms with E-state index in [1.165, 1.54) is 11.3 Å². The van der Waals surface area contributed by atoms with Crippen LogP contribution >= 0.6 is 11.3 Å². The molecule has 16 heavy (non-hydrogen) atoms. The SMILES string of the molecule is CCOC(=O)c1sc(C=CCNC)nc1C. The molecule has 0 aliphatic carbocycles. The Labute approximate surface area is 99.3 Å². The van der Waals surface area contributed by atoms with Gasteiger partial charge in [0.1, 0.15) is 9.88 Å². The quantitative estimate of drug-likeness (QED) is 0.798. The molecule has 88 valence electrons. The molecular weight excluding hydrogens is 224 g/mol. The maximum Gasteiger partial charge on any atom is 0.350 e. The van der Waals surface area contributed by atoms with E-state index in [0.717, 1.165) is 17.2 Å². The number of nitrogens with one attached hydrogen (secondary N) is 1. The lowest BCUT2D eigenvalue weighted by molar-refractivity contribution is 0.0531. The summed E-state index contributed by atoms with van der Waals surface area (Å²) in [5, 5.41) is 3.83. The summed E-state index contributed by atoms with van der Waals surface area (Å²) in [6.07, 6.45) is 3.87. The summed E-state index contributed by atoms with van der Waals surface area (Å²) >= 11 is 1.36. The molecule has 0 unspecified atom stereocenters. The second kappa shape index (κ2) is 6.40. The summed E-state index contributed by atoms with van der Waals surface area (Å²) in [5.41, 5.74) is 0.729. The second-order valence-corrected chi connectivity index (χ2v) is 4.18. The summed E-state index contributed by atoms with van der Waals surface area (Å²) in [5.74, 6) is -0.286. The Bertz CT molecular complexity index is 385. The molecule has 5 heteroatoms. The molecule has 0 fully saturated rings. The maximum absolute atomic E-state index is 11.5. The maximum atomic E-state index is 11.5. The summed E-state index contributed by atoms with van der Waals surface area (Å²) in [4.78, 5) is 16.4. The van der Waals surface area contributed by atoms with Gasteiger partial charge in [0.15, 0.2) is 0 Å². The van der Waals surface area contributed by atoms with Crippen molar-refractivity contribution < 1.29 is 9.53 Å². The van der Waals surface area contributed by atoms with Crippen molar-refractivity contribution in [3.8, 4) is 0 Å². The lowest BCUT2D eigenvalue weighted by Gasteiger charge is -1.97. The number of carbonyl (C=O) groups is 1. The first kappa shape index (κ1) is 12.9. The number of aryl methyl sites for hydroxylation is 1. The number of nitrogens with zero attached hydrogens (tertiary/aromatic N) is 1. The number of likely N-dealkylation sites (N-methyl/N-ethyl adjacent to an activating group) is 1. The average Bonchev–Trinajstić information content (AvgIpc) is 2.61. The largest absolute Gasteiger partial charge is 0.462 e. The highest BCUT2D eigenvalue weighted by Gasteiger charge is 2.14.